The SMILES string of the molecule is Cc1cc(CN)cc(NC(=O)N2CCN(C(=O)c3cccc(O)c3)CC2)c1. The number of phenols is 1. The molecule has 0 unspecified atom stereocenters. The van der Waals surface area contributed by atoms with Gasteiger partial charge in [0.1, 0.15) is 5.75 Å². The third-order valence-electron chi connectivity index (χ3n) is 4.57. The van der Waals surface area contributed by atoms with Crippen molar-refractivity contribution in [2.45, 2.75) is 13.5 Å². The average Bonchev–Trinajstić information content (AvgIpc) is 2.67. The number of carbonyl (C=O) groups excluding carboxylic acids is 2. The number of anilines is 1. The summed E-state index contributed by atoms with van der Waals surface area (Å²) in [6, 6.07) is 11.9. The number of amides is 3. The van der Waals surface area contributed by atoms with E-state index in [2.05, 4.69) is 5.32 Å². The van der Waals surface area contributed by atoms with Gasteiger partial charge in [0.25, 0.3) is 5.91 Å². The zero-order chi connectivity index (χ0) is 19.4. The maximum absolute atomic E-state index is 12.5. The first-order valence-electron chi connectivity index (χ1n) is 8.91. The summed E-state index contributed by atoms with van der Waals surface area (Å²) in [6.07, 6.45) is 0. The van der Waals surface area contributed by atoms with Crippen molar-refractivity contribution in [1.82, 2.24) is 9.80 Å². The molecule has 142 valence electrons. The van der Waals surface area contributed by atoms with Gasteiger partial charge in [-0.2, -0.15) is 0 Å². The molecule has 1 aliphatic rings. The van der Waals surface area contributed by atoms with Crippen molar-refractivity contribution >= 4 is 17.6 Å². The molecule has 7 heteroatoms. The zero-order valence-electron chi connectivity index (χ0n) is 15.3. The number of nitrogens with zero attached hydrogens (tertiary/aromatic N) is 2. The van der Waals surface area contributed by atoms with Crippen LogP contribution in [0.4, 0.5) is 10.5 Å². The number of aromatic hydroxyl groups is 1. The van der Waals surface area contributed by atoms with Crippen molar-refractivity contribution in [2.75, 3.05) is 31.5 Å². The van der Waals surface area contributed by atoms with Crippen LogP contribution in [-0.4, -0.2) is 53.0 Å². The quantitative estimate of drug-likeness (QED) is 0.773. The van der Waals surface area contributed by atoms with Crippen LogP contribution in [0, 0.1) is 6.92 Å². The van der Waals surface area contributed by atoms with E-state index in [1.54, 1.807) is 21.9 Å². The van der Waals surface area contributed by atoms with E-state index in [1.165, 1.54) is 12.1 Å². The van der Waals surface area contributed by atoms with E-state index in [0.29, 0.717) is 38.3 Å². The first-order chi connectivity index (χ1) is 13.0. The molecule has 1 heterocycles. The van der Waals surface area contributed by atoms with Gasteiger partial charge in [-0.1, -0.05) is 12.1 Å². The maximum atomic E-state index is 12.5. The van der Waals surface area contributed by atoms with Gasteiger partial charge >= 0.3 is 6.03 Å². The lowest BCUT2D eigenvalue weighted by atomic mass is 10.1. The molecule has 0 spiro atoms. The lowest BCUT2D eigenvalue weighted by molar-refractivity contribution is 0.0671. The summed E-state index contributed by atoms with van der Waals surface area (Å²) in [5, 5.41) is 12.4. The van der Waals surface area contributed by atoms with Gasteiger partial charge in [0.05, 0.1) is 0 Å². The molecule has 2 aromatic rings. The number of hydrogen-bond donors (Lipinski definition) is 3. The van der Waals surface area contributed by atoms with E-state index in [4.69, 9.17) is 5.73 Å². The van der Waals surface area contributed by atoms with Gasteiger partial charge in [-0.25, -0.2) is 4.79 Å². The second-order valence-electron chi connectivity index (χ2n) is 6.67. The molecule has 0 atom stereocenters. The average molecular weight is 368 g/mol. The fraction of sp³-hybridized carbons (Fsp3) is 0.300. The molecule has 4 N–H and O–H groups in total. The fourth-order valence-electron chi connectivity index (χ4n) is 3.19. The predicted molar refractivity (Wildman–Crippen MR) is 104 cm³/mol. The van der Waals surface area contributed by atoms with Crippen molar-refractivity contribution < 1.29 is 14.7 Å². The second kappa shape index (κ2) is 8.09. The van der Waals surface area contributed by atoms with Gasteiger partial charge in [-0.15, -0.1) is 0 Å². The lowest BCUT2D eigenvalue weighted by Crippen LogP contribution is -2.51. The number of aryl methyl sites for hydroxylation is 1. The van der Waals surface area contributed by atoms with Gasteiger partial charge in [-0.3, -0.25) is 4.79 Å². The summed E-state index contributed by atoms with van der Waals surface area (Å²) < 4.78 is 0. The van der Waals surface area contributed by atoms with Crippen LogP contribution in [-0.2, 0) is 6.54 Å². The summed E-state index contributed by atoms with van der Waals surface area (Å²) >= 11 is 0. The van der Waals surface area contributed by atoms with E-state index >= 15 is 0 Å². The standard InChI is InChI=1S/C20H24N4O3/c1-14-9-15(13-21)11-17(10-14)22-20(27)24-7-5-23(6-8-24)19(26)16-3-2-4-18(25)12-16/h2-4,9-12,25H,5-8,13,21H2,1H3,(H,22,27). The van der Waals surface area contributed by atoms with Crippen LogP contribution in [0.5, 0.6) is 5.75 Å². The number of urea groups is 1. The van der Waals surface area contributed by atoms with E-state index < -0.39 is 0 Å². The Hall–Kier alpha value is -3.06. The first kappa shape index (κ1) is 18.7. The predicted octanol–water partition coefficient (Wildman–Crippen LogP) is 2.15. The van der Waals surface area contributed by atoms with Gasteiger partial charge in [-0.05, 0) is 48.4 Å². The Morgan fingerprint density at radius 3 is 2.44 bits per heavy atom. The van der Waals surface area contributed by atoms with Crippen molar-refractivity contribution in [3.63, 3.8) is 0 Å². The highest BCUT2D eigenvalue weighted by atomic mass is 16.3. The highest BCUT2D eigenvalue weighted by Crippen LogP contribution is 2.17. The molecule has 3 amide bonds. The van der Waals surface area contributed by atoms with Crippen molar-refractivity contribution in [2.24, 2.45) is 5.73 Å². The minimum absolute atomic E-state index is 0.0638. The van der Waals surface area contributed by atoms with Crippen LogP contribution in [0.25, 0.3) is 0 Å². The van der Waals surface area contributed by atoms with Crippen LogP contribution in [0.2, 0.25) is 0 Å². The number of nitrogens with one attached hydrogen (secondary N) is 1. The Labute approximate surface area is 158 Å². The second-order valence-corrected chi connectivity index (χ2v) is 6.67. The third-order valence-corrected chi connectivity index (χ3v) is 4.57. The number of piperazine rings is 1. The van der Waals surface area contributed by atoms with Gasteiger partial charge in [0.2, 0.25) is 0 Å². The molecule has 2 aromatic carbocycles. The number of rotatable bonds is 3. The smallest absolute Gasteiger partial charge is 0.321 e. The summed E-state index contributed by atoms with van der Waals surface area (Å²) in [6.45, 7) is 4.17. The molecular weight excluding hydrogens is 344 g/mol. The van der Waals surface area contributed by atoms with E-state index in [1.807, 2.05) is 25.1 Å². The van der Waals surface area contributed by atoms with Crippen molar-refractivity contribution in [3.8, 4) is 5.75 Å². The Kier molecular flexibility index (Phi) is 5.61. The fourth-order valence-corrected chi connectivity index (χ4v) is 3.19. The molecule has 1 saturated heterocycles. The topological polar surface area (TPSA) is 98.9 Å². The van der Waals surface area contributed by atoms with Gasteiger partial charge < -0.3 is 26.0 Å². The van der Waals surface area contributed by atoms with Crippen molar-refractivity contribution in [1.29, 1.82) is 0 Å². The van der Waals surface area contributed by atoms with E-state index in [0.717, 1.165) is 16.8 Å². The van der Waals surface area contributed by atoms with Crippen LogP contribution in [0.1, 0.15) is 21.5 Å². The minimum atomic E-state index is -0.187. The van der Waals surface area contributed by atoms with Crippen LogP contribution in [0.15, 0.2) is 42.5 Å². The molecule has 0 saturated carbocycles. The normalized spacial score (nSPS) is 14.1. The summed E-state index contributed by atoms with van der Waals surface area (Å²) in [5.74, 6) is -0.0777. The number of hydrogen-bond acceptors (Lipinski definition) is 4. The molecule has 3 rings (SSSR count). The largest absolute Gasteiger partial charge is 0.508 e. The molecule has 0 radical (unpaired) electrons. The molecule has 27 heavy (non-hydrogen) atoms. The summed E-state index contributed by atoms with van der Waals surface area (Å²) in [7, 11) is 0. The zero-order valence-corrected chi connectivity index (χ0v) is 15.3. The number of nitrogens with two attached hydrogens (primary N) is 1. The van der Waals surface area contributed by atoms with Crippen LogP contribution in [0.3, 0.4) is 0 Å². The summed E-state index contributed by atoms with van der Waals surface area (Å²) in [5.41, 5.74) is 8.85. The first-order valence-corrected chi connectivity index (χ1v) is 8.91. The molecule has 1 fully saturated rings. The molecule has 7 nitrogen and oxygen atoms in total. The molecular formula is C20H24N4O3. The monoisotopic (exact) mass is 368 g/mol. The van der Waals surface area contributed by atoms with E-state index in [9.17, 15) is 14.7 Å². The maximum Gasteiger partial charge on any atom is 0.321 e. The number of benzene rings is 2. The van der Waals surface area contributed by atoms with Gasteiger partial charge in [0, 0.05) is 44.0 Å². The van der Waals surface area contributed by atoms with Crippen molar-refractivity contribution in [3.05, 3.63) is 59.2 Å². The third kappa shape index (κ3) is 4.57. The minimum Gasteiger partial charge on any atom is -0.508 e. The number of phenolic OH excluding ortho intramolecular Hbond substituents is 1. The Morgan fingerprint density at radius 1 is 1.07 bits per heavy atom. The molecule has 0 aromatic heterocycles. The molecule has 0 bridgehead atoms. The lowest BCUT2D eigenvalue weighted by Gasteiger charge is -2.34. The van der Waals surface area contributed by atoms with Gasteiger partial charge in [0.15, 0.2) is 0 Å². The Morgan fingerprint density at radius 2 is 1.78 bits per heavy atom. The van der Waals surface area contributed by atoms with Crippen LogP contribution >= 0.6 is 0 Å². The number of carbonyl (C=O) groups is 2. The van der Waals surface area contributed by atoms with Crippen LogP contribution < -0.4 is 11.1 Å². The Balaban J connectivity index is 1.58. The van der Waals surface area contributed by atoms with E-state index in [-0.39, 0.29) is 17.7 Å². The summed E-state index contributed by atoms with van der Waals surface area (Å²) in [4.78, 5) is 28.4. The molecule has 1 aliphatic heterocycles. The highest BCUT2D eigenvalue weighted by molar-refractivity contribution is 5.95. The Bertz CT molecular complexity index is 845. The highest BCUT2D eigenvalue weighted by Gasteiger charge is 2.25. The molecule has 0 aliphatic carbocycles.